The average Bonchev–Trinajstić information content (AvgIpc) is 2.80. The minimum Gasteiger partial charge on any atom is -0.469 e. The lowest BCUT2D eigenvalue weighted by Gasteiger charge is -2.26. The molecule has 0 aliphatic carbocycles. The molecule has 0 aromatic heterocycles. The van der Waals surface area contributed by atoms with Crippen LogP contribution in [0.2, 0.25) is 0 Å². The van der Waals surface area contributed by atoms with Crippen LogP contribution in [0.5, 0.6) is 0 Å². The number of alkyl carbamates (subject to hydrolysis) is 1. The van der Waals surface area contributed by atoms with Crippen LogP contribution >= 0.6 is 0 Å². The molecule has 2 atom stereocenters. The maximum atomic E-state index is 13.2. The van der Waals surface area contributed by atoms with Gasteiger partial charge in [0.05, 0.1) is 7.11 Å². The first-order valence-electron chi connectivity index (χ1n) is 12.4. The van der Waals surface area contributed by atoms with Gasteiger partial charge >= 0.3 is 24.0 Å². The number of esters is 3. The molecule has 1 rings (SSSR count). The molecule has 0 radical (unpaired) electrons. The van der Waals surface area contributed by atoms with Gasteiger partial charge in [0.25, 0.3) is 0 Å². The summed E-state index contributed by atoms with van der Waals surface area (Å²) in [6.07, 6.45) is -1.45. The summed E-state index contributed by atoms with van der Waals surface area (Å²) in [6.45, 7) is 10.1. The zero-order valence-corrected chi connectivity index (χ0v) is 23.3. The summed E-state index contributed by atoms with van der Waals surface area (Å²) in [7, 11) is 1.21. The first kappa shape index (κ1) is 32.4. The number of methoxy groups -OCH3 is 1. The van der Waals surface area contributed by atoms with Crippen LogP contribution in [0.1, 0.15) is 72.8 Å². The van der Waals surface area contributed by atoms with Crippen LogP contribution < -0.4 is 10.6 Å². The number of carbonyl (C=O) groups excluding carboxylic acids is 5. The minimum atomic E-state index is -1.24. The summed E-state index contributed by atoms with van der Waals surface area (Å²) in [5.41, 5.74) is -0.835. The van der Waals surface area contributed by atoms with E-state index in [0.717, 1.165) is 5.56 Å². The largest absolute Gasteiger partial charge is 0.469 e. The Kier molecular flexibility index (Phi) is 12.7. The summed E-state index contributed by atoms with van der Waals surface area (Å²) in [6, 6.07) is 6.50. The third-order valence-corrected chi connectivity index (χ3v) is 4.75. The fourth-order valence-electron chi connectivity index (χ4n) is 3.09. The van der Waals surface area contributed by atoms with E-state index in [1.807, 2.05) is 6.07 Å². The molecule has 0 saturated carbocycles. The summed E-state index contributed by atoms with van der Waals surface area (Å²) in [5, 5.41) is 4.98. The van der Waals surface area contributed by atoms with Crippen LogP contribution in [0.25, 0.3) is 0 Å². The maximum Gasteiger partial charge on any atom is 0.408 e. The molecule has 1 aromatic carbocycles. The molecule has 0 fully saturated rings. The second-order valence-corrected chi connectivity index (χ2v) is 10.6. The lowest BCUT2D eigenvalue weighted by Crippen LogP contribution is -2.53. The fraction of sp³-hybridized carbons (Fsp3) is 0.593. The molecule has 11 heteroatoms. The normalized spacial score (nSPS) is 12.9. The second kappa shape index (κ2) is 14.9. The quantitative estimate of drug-likeness (QED) is 0.304. The first-order valence-corrected chi connectivity index (χ1v) is 12.4. The molecule has 0 heterocycles. The number of hydrogen-bond acceptors (Lipinski definition) is 9. The van der Waals surface area contributed by atoms with Crippen molar-refractivity contribution in [3.63, 3.8) is 0 Å². The molecule has 1 aromatic rings. The van der Waals surface area contributed by atoms with E-state index >= 15 is 0 Å². The fourth-order valence-corrected chi connectivity index (χ4v) is 3.09. The van der Waals surface area contributed by atoms with Gasteiger partial charge in [0.2, 0.25) is 5.91 Å². The van der Waals surface area contributed by atoms with Gasteiger partial charge in [0.15, 0.2) is 0 Å². The van der Waals surface area contributed by atoms with E-state index in [-0.39, 0.29) is 32.3 Å². The molecule has 212 valence electrons. The predicted octanol–water partition coefficient (Wildman–Crippen LogP) is 3.18. The van der Waals surface area contributed by atoms with E-state index in [1.165, 1.54) is 7.11 Å². The van der Waals surface area contributed by atoms with Gasteiger partial charge in [-0.15, -0.1) is 0 Å². The summed E-state index contributed by atoms with van der Waals surface area (Å²) in [4.78, 5) is 62.3. The molecule has 0 saturated heterocycles. The number of amides is 2. The Morgan fingerprint density at radius 1 is 0.763 bits per heavy atom. The molecule has 38 heavy (non-hydrogen) atoms. The Balaban J connectivity index is 2.99. The zero-order valence-electron chi connectivity index (χ0n) is 23.3. The number of ether oxygens (including phenoxy) is 4. The molecule has 0 aliphatic rings. The van der Waals surface area contributed by atoms with Crippen LogP contribution in [0.15, 0.2) is 30.3 Å². The van der Waals surface area contributed by atoms with Gasteiger partial charge in [0.1, 0.15) is 29.9 Å². The van der Waals surface area contributed by atoms with Crippen LogP contribution in [-0.2, 0) is 44.7 Å². The van der Waals surface area contributed by atoms with Crippen molar-refractivity contribution in [2.45, 2.75) is 97.1 Å². The highest BCUT2D eigenvalue weighted by Crippen LogP contribution is 2.13. The molecule has 0 bridgehead atoms. The minimum absolute atomic E-state index is 0.0350. The third kappa shape index (κ3) is 14.2. The van der Waals surface area contributed by atoms with Gasteiger partial charge in [-0.05, 0) is 59.9 Å². The van der Waals surface area contributed by atoms with Crippen LogP contribution in [0.3, 0.4) is 0 Å². The van der Waals surface area contributed by atoms with Crippen molar-refractivity contribution >= 4 is 29.9 Å². The molecule has 11 nitrogen and oxygen atoms in total. The summed E-state index contributed by atoms with van der Waals surface area (Å²) in [5.74, 6) is -2.65. The van der Waals surface area contributed by atoms with Crippen molar-refractivity contribution in [2.24, 2.45) is 0 Å². The summed E-state index contributed by atoms with van der Waals surface area (Å²) < 4.78 is 20.5. The zero-order chi connectivity index (χ0) is 28.9. The Bertz CT molecular complexity index is 950. The lowest BCUT2D eigenvalue weighted by atomic mass is 10.1. The van der Waals surface area contributed by atoms with Gasteiger partial charge in [-0.2, -0.15) is 0 Å². The van der Waals surface area contributed by atoms with Crippen LogP contribution in [0.4, 0.5) is 4.79 Å². The lowest BCUT2D eigenvalue weighted by molar-refractivity contribution is -0.159. The Labute approximate surface area is 223 Å². The topological polar surface area (TPSA) is 146 Å². The molecular formula is C27H40N2O9. The monoisotopic (exact) mass is 536 g/mol. The predicted molar refractivity (Wildman–Crippen MR) is 138 cm³/mol. The highest BCUT2D eigenvalue weighted by atomic mass is 16.6. The highest BCUT2D eigenvalue weighted by Gasteiger charge is 2.31. The highest BCUT2D eigenvalue weighted by molar-refractivity contribution is 5.90. The van der Waals surface area contributed by atoms with Crippen molar-refractivity contribution in [2.75, 3.05) is 7.11 Å². The van der Waals surface area contributed by atoms with Gasteiger partial charge in [-0.1, -0.05) is 30.3 Å². The molecule has 2 amide bonds. The smallest absolute Gasteiger partial charge is 0.408 e. The Morgan fingerprint density at radius 3 is 1.87 bits per heavy atom. The SMILES string of the molecule is COC(=O)CC[C@H](NC(=O)[C@H](CCC(=O)OC(C)(C)C)NC(=O)OCc1ccccc1)C(=O)OC(C)(C)C. The Hall–Kier alpha value is -3.63. The number of carbonyl (C=O) groups is 5. The van der Waals surface area contributed by atoms with Crippen molar-refractivity contribution < 1.29 is 42.9 Å². The number of nitrogens with one attached hydrogen (secondary N) is 2. The van der Waals surface area contributed by atoms with E-state index in [1.54, 1.807) is 65.8 Å². The molecule has 2 N–H and O–H groups in total. The van der Waals surface area contributed by atoms with Crippen LogP contribution in [0, 0.1) is 0 Å². The number of hydrogen-bond donors (Lipinski definition) is 2. The van der Waals surface area contributed by atoms with E-state index < -0.39 is 53.2 Å². The third-order valence-electron chi connectivity index (χ3n) is 4.75. The maximum absolute atomic E-state index is 13.2. The van der Waals surface area contributed by atoms with Gasteiger partial charge in [-0.25, -0.2) is 9.59 Å². The Morgan fingerprint density at radius 2 is 1.32 bits per heavy atom. The standard InChI is InChI=1S/C27H40N2O9/c1-26(2,3)37-22(31)16-13-19(29-25(34)36-17-18-11-9-8-10-12-18)23(32)28-20(14-15-21(30)35-7)24(33)38-27(4,5)6/h8-12,19-20H,13-17H2,1-7H3,(H,28,32)(H,29,34)/t19-,20-/m0/s1. The van der Waals surface area contributed by atoms with Crippen LogP contribution in [-0.4, -0.2) is 60.3 Å². The molecular weight excluding hydrogens is 496 g/mol. The van der Waals surface area contributed by atoms with E-state index in [2.05, 4.69) is 15.4 Å². The van der Waals surface area contributed by atoms with Gasteiger partial charge < -0.3 is 29.6 Å². The van der Waals surface area contributed by atoms with E-state index in [0.29, 0.717) is 0 Å². The van der Waals surface area contributed by atoms with Gasteiger partial charge in [0, 0.05) is 12.8 Å². The van der Waals surface area contributed by atoms with Gasteiger partial charge in [-0.3, -0.25) is 14.4 Å². The van der Waals surface area contributed by atoms with E-state index in [4.69, 9.17) is 14.2 Å². The van der Waals surface area contributed by atoms with E-state index in [9.17, 15) is 24.0 Å². The second-order valence-electron chi connectivity index (χ2n) is 10.6. The molecule has 0 spiro atoms. The molecule has 0 aliphatic heterocycles. The van der Waals surface area contributed by atoms with Crippen molar-refractivity contribution in [1.82, 2.24) is 10.6 Å². The number of benzene rings is 1. The van der Waals surface area contributed by atoms with Crippen molar-refractivity contribution in [3.8, 4) is 0 Å². The first-order chi connectivity index (χ1) is 17.6. The van der Waals surface area contributed by atoms with Crippen molar-refractivity contribution in [3.05, 3.63) is 35.9 Å². The van der Waals surface area contributed by atoms with Crippen molar-refractivity contribution in [1.29, 1.82) is 0 Å². The summed E-state index contributed by atoms with van der Waals surface area (Å²) >= 11 is 0. The molecule has 0 unspecified atom stereocenters. The average molecular weight is 537 g/mol. The number of rotatable bonds is 12.